The first kappa shape index (κ1) is 32.2. The number of hydrogen-bond acceptors (Lipinski definition) is 3. The lowest BCUT2D eigenvalue weighted by atomic mass is 10.3. The van der Waals surface area contributed by atoms with Crippen molar-refractivity contribution in [3.8, 4) is 5.75 Å². The van der Waals surface area contributed by atoms with Crippen molar-refractivity contribution in [3.63, 3.8) is 0 Å². The topological polar surface area (TPSA) is 15.7 Å². The Morgan fingerprint density at radius 2 is 0.943 bits per heavy atom. The Balaban J connectivity index is 0.000000265. The van der Waals surface area contributed by atoms with Crippen LogP contribution in [0.25, 0.3) is 0 Å². The molecule has 0 bridgehead atoms. The number of halogens is 9. The highest BCUT2D eigenvalue weighted by atomic mass is 79.9. The van der Waals surface area contributed by atoms with Crippen LogP contribution in [0.5, 0.6) is 5.75 Å². The molecule has 0 radical (unpaired) electrons. The minimum absolute atomic E-state index is 0.156. The number of anilines is 2. The van der Waals surface area contributed by atoms with Gasteiger partial charge in [0.15, 0.2) is 0 Å². The highest BCUT2D eigenvalue weighted by Gasteiger charge is 2.10. The van der Waals surface area contributed by atoms with Crippen molar-refractivity contribution in [1.29, 1.82) is 0 Å². The van der Waals surface area contributed by atoms with Crippen LogP contribution in [0.1, 0.15) is 0 Å². The predicted octanol–water partition coefficient (Wildman–Crippen LogP) is 9.87. The average Bonchev–Trinajstić information content (AvgIpc) is 2.76. The second-order valence-electron chi connectivity index (χ2n) is 7.13. The van der Waals surface area contributed by atoms with Crippen LogP contribution in [0.2, 0.25) is 15.1 Å². The van der Waals surface area contributed by atoms with E-state index in [9.17, 15) is 13.2 Å². The van der Waals surface area contributed by atoms with Gasteiger partial charge in [-0.2, -0.15) is 0 Å². The predicted molar refractivity (Wildman–Crippen MR) is 153 cm³/mol. The Morgan fingerprint density at radius 3 is 1.34 bits per heavy atom. The maximum Gasteiger partial charge on any atom is 0.145 e. The molecule has 0 fully saturated rings. The molecule has 3 aromatic rings. The van der Waals surface area contributed by atoms with E-state index in [0.29, 0.717) is 25.4 Å². The highest BCUT2D eigenvalue weighted by molar-refractivity contribution is 9.11. The van der Waals surface area contributed by atoms with E-state index in [1.165, 1.54) is 6.07 Å². The third-order valence-corrected chi connectivity index (χ3v) is 6.58. The molecule has 0 amide bonds. The quantitative estimate of drug-likeness (QED) is 0.196. The molecule has 12 heteroatoms. The van der Waals surface area contributed by atoms with Crippen molar-refractivity contribution >= 4 is 94.0 Å². The van der Waals surface area contributed by atoms with E-state index < -0.39 is 22.5 Å². The van der Waals surface area contributed by atoms with Crippen molar-refractivity contribution in [3.05, 3.63) is 82.3 Å². The summed E-state index contributed by atoms with van der Waals surface area (Å²) in [4.78, 5) is 3.70. The molecule has 0 heterocycles. The summed E-state index contributed by atoms with van der Waals surface area (Å²) >= 11 is 26.5. The van der Waals surface area contributed by atoms with E-state index in [-0.39, 0.29) is 5.02 Å². The fourth-order valence-electron chi connectivity index (χ4n) is 2.42. The Kier molecular flexibility index (Phi) is 13.6. The molecule has 0 aromatic heterocycles. The van der Waals surface area contributed by atoms with E-state index >= 15 is 0 Å². The summed E-state index contributed by atoms with van der Waals surface area (Å²) in [6, 6.07) is 9.11. The number of benzene rings is 3. The van der Waals surface area contributed by atoms with Gasteiger partial charge in [0.25, 0.3) is 0 Å². The van der Waals surface area contributed by atoms with Gasteiger partial charge in [-0.05, 0) is 36.4 Å². The standard InChI is InChI=1S/C9H11BrClNO.C8H8BrClFN.C6H2BrClF2/c1-12(2)7-4-6(10)5-8(13-3)9(7)11;1-12(2)7-4-5(9)3-6(11)8(7)10;7-3-1-4(9)6(8)5(10)2-3/h4-5H,1-3H3;3-4H,1-2H3;1-2H. The molecule has 35 heavy (non-hydrogen) atoms. The zero-order chi connectivity index (χ0) is 27.0. The van der Waals surface area contributed by atoms with Gasteiger partial charge < -0.3 is 14.5 Å². The first-order valence-electron chi connectivity index (χ1n) is 9.51. The molecule has 3 nitrogen and oxygen atoms in total. The van der Waals surface area contributed by atoms with Crippen molar-refractivity contribution in [2.45, 2.75) is 0 Å². The second kappa shape index (κ2) is 14.8. The summed E-state index contributed by atoms with van der Waals surface area (Å²) in [6.45, 7) is 0. The summed E-state index contributed by atoms with van der Waals surface area (Å²) in [5.41, 5.74) is 1.61. The zero-order valence-electron chi connectivity index (χ0n) is 19.2. The summed E-state index contributed by atoms with van der Waals surface area (Å²) in [5, 5.41) is 0.321. The lowest BCUT2D eigenvalue weighted by Gasteiger charge is -2.16. The van der Waals surface area contributed by atoms with Crippen LogP contribution in [0, 0.1) is 17.5 Å². The molecule has 0 unspecified atom stereocenters. The molecule has 0 aliphatic heterocycles. The van der Waals surface area contributed by atoms with E-state index in [2.05, 4.69) is 47.8 Å². The molecule has 3 aromatic carbocycles. The molecule has 0 aliphatic carbocycles. The largest absolute Gasteiger partial charge is 0.495 e. The molecular formula is C23H21Br3Cl3F3N2O. The van der Waals surface area contributed by atoms with Gasteiger partial charge in [-0.3, -0.25) is 0 Å². The molecule has 0 aliphatic rings. The minimum Gasteiger partial charge on any atom is -0.495 e. The van der Waals surface area contributed by atoms with Crippen molar-refractivity contribution in [2.75, 3.05) is 45.1 Å². The summed E-state index contributed by atoms with van der Waals surface area (Å²) in [7, 11) is 9.10. The molecule has 0 atom stereocenters. The molecule has 192 valence electrons. The van der Waals surface area contributed by atoms with Gasteiger partial charge in [0, 0.05) is 41.6 Å². The molecule has 0 spiro atoms. The summed E-state index contributed by atoms with van der Waals surface area (Å²) in [5.74, 6) is -1.24. The third-order valence-electron chi connectivity index (χ3n) is 4.09. The number of rotatable bonds is 3. The number of ether oxygens (including phenoxy) is 1. The fourth-order valence-corrected chi connectivity index (χ4v) is 4.40. The molecule has 0 N–H and O–H groups in total. The third kappa shape index (κ3) is 9.85. The minimum atomic E-state index is -0.756. The maximum absolute atomic E-state index is 13.0. The van der Waals surface area contributed by atoms with Crippen LogP contribution >= 0.6 is 82.6 Å². The first-order chi connectivity index (χ1) is 16.2. The summed E-state index contributed by atoms with van der Waals surface area (Å²) in [6.07, 6.45) is 0. The molecular weight excluding hydrogens is 723 g/mol. The smallest absolute Gasteiger partial charge is 0.145 e. The Labute approximate surface area is 243 Å². The maximum atomic E-state index is 13.0. The average molecular weight is 744 g/mol. The normalized spacial score (nSPS) is 10.0. The van der Waals surface area contributed by atoms with Gasteiger partial charge in [0.2, 0.25) is 0 Å². The van der Waals surface area contributed by atoms with Crippen molar-refractivity contribution < 1.29 is 17.9 Å². The van der Waals surface area contributed by atoms with E-state index in [4.69, 9.17) is 39.5 Å². The number of methoxy groups -OCH3 is 1. The Morgan fingerprint density at radius 1 is 0.600 bits per heavy atom. The first-order valence-corrected chi connectivity index (χ1v) is 13.0. The second-order valence-corrected chi connectivity index (χ2v) is 11.0. The highest BCUT2D eigenvalue weighted by Crippen LogP contribution is 2.36. The fraction of sp³-hybridized carbons (Fsp3) is 0.217. The van der Waals surface area contributed by atoms with Crippen LogP contribution in [-0.2, 0) is 0 Å². The van der Waals surface area contributed by atoms with Gasteiger partial charge >= 0.3 is 0 Å². The zero-order valence-corrected chi connectivity index (χ0v) is 26.2. The van der Waals surface area contributed by atoms with E-state index in [1.54, 1.807) is 18.1 Å². The van der Waals surface area contributed by atoms with Crippen molar-refractivity contribution in [2.24, 2.45) is 0 Å². The van der Waals surface area contributed by atoms with E-state index in [0.717, 1.165) is 22.3 Å². The lowest BCUT2D eigenvalue weighted by molar-refractivity contribution is 0.415. The van der Waals surface area contributed by atoms with Crippen LogP contribution in [0.3, 0.4) is 0 Å². The lowest BCUT2D eigenvalue weighted by Crippen LogP contribution is -2.09. The molecule has 0 saturated heterocycles. The number of nitrogens with zero attached hydrogens (tertiary/aromatic N) is 2. The van der Waals surface area contributed by atoms with Gasteiger partial charge in [0.1, 0.15) is 33.2 Å². The Hall–Kier alpha value is -0.840. The van der Waals surface area contributed by atoms with Crippen LogP contribution in [-0.4, -0.2) is 35.3 Å². The van der Waals surface area contributed by atoms with Gasteiger partial charge in [-0.15, -0.1) is 0 Å². The molecule has 3 rings (SSSR count). The SMILES string of the molecule is CN(C)c1cc(Br)cc(F)c1Cl.COc1cc(Br)cc(N(C)C)c1Cl.Fc1cc(Br)cc(F)c1Cl. The van der Waals surface area contributed by atoms with Crippen LogP contribution < -0.4 is 14.5 Å². The van der Waals surface area contributed by atoms with Crippen LogP contribution in [0.4, 0.5) is 24.5 Å². The summed E-state index contributed by atoms with van der Waals surface area (Å²) < 4.78 is 45.0. The van der Waals surface area contributed by atoms with Crippen LogP contribution in [0.15, 0.2) is 49.8 Å². The Bertz CT molecular complexity index is 1150. The number of hydrogen-bond donors (Lipinski definition) is 0. The monoisotopic (exact) mass is 740 g/mol. The molecule has 0 saturated carbocycles. The van der Waals surface area contributed by atoms with E-state index in [1.807, 2.05) is 45.2 Å². The van der Waals surface area contributed by atoms with Gasteiger partial charge in [-0.1, -0.05) is 82.6 Å². The van der Waals surface area contributed by atoms with Crippen molar-refractivity contribution in [1.82, 2.24) is 0 Å². The van der Waals surface area contributed by atoms with Gasteiger partial charge in [0.05, 0.1) is 23.5 Å². The van der Waals surface area contributed by atoms with Gasteiger partial charge in [-0.25, -0.2) is 13.2 Å².